The number of aryl methyl sites for hydroxylation is 1. The molecule has 1 N–H and O–H groups in total. The Labute approximate surface area is 118 Å². The number of nitro groups is 1. The monoisotopic (exact) mass is 286 g/mol. The van der Waals surface area contributed by atoms with Crippen LogP contribution in [-0.4, -0.2) is 23.7 Å². The van der Waals surface area contributed by atoms with E-state index in [1.165, 1.54) is 12.1 Å². The fraction of sp³-hybridized carbons (Fsp3) is 0.538. The summed E-state index contributed by atoms with van der Waals surface area (Å²) >= 11 is 6.08. The molecule has 0 aromatic heterocycles. The summed E-state index contributed by atoms with van der Waals surface area (Å²) in [7, 11) is 0. The smallest absolute Gasteiger partial charge is 0.271 e. The fourth-order valence-electron chi connectivity index (χ4n) is 1.80. The Morgan fingerprint density at radius 2 is 2.11 bits per heavy atom. The molecule has 0 bridgehead atoms. The SMILES string of the molecule is CCOC(C)(C)CNc1c(C)cc([N+](=O)[O-])cc1Cl. The average Bonchev–Trinajstić information content (AvgIpc) is 2.27. The molecule has 0 fully saturated rings. The number of ether oxygens (including phenoxy) is 1. The van der Waals surface area contributed by atoms with Crippen molar-refractivity contribution < 1.29 is 9.66 Å². The van der Waals surface area contributed by atoms with Crippen LogP contribution >= 0.6 is 11.6 Å². The largest absolute Gasteiger partial charge is 0.381 e. The Morgan fingerprint density at radius 3 is 2.58 bits per heavy atom. The molecule has 1 rings (SSSR count). The van der Waals surface area contributed by atoms with Crippen molar-refractivity contribution >= 4 is 23.0 Å². The normalized spacial score (nSPS) is 11.4. The lowest BCUT2D eigenvalue weighted by Gasteiger charge is -2.26. The first-order valence-corrected chi connectivity index (χ1v) is 6.47. The molecule has 0 heterocycles. The number of anilines is 1. The van der Waals surface area contributed by atoms with Crippen LogP contribution in [0.5, 0.6) is 0 Å². The topological polar surface area (TPSA) is 64.4 Å². The van der Waals surface area contributed by atoms with Crippen LogP contribution in [0.2, 0.25) is 5.02 Å². The molecule has 0 spiro atoms. The van der Waals surface area contributed by atoms with Crippen LogP contribution in [0.1, 0.15) is 26.3 Å². The van der Waals surface area contributed by atoms with E-state index >= 15 is 0 Å². The summed E-state index contributed by atoms with van der Waals surface area (Å²) in [5.74, 6) is 0. The minimum absolute atomic E-state index is 0.00267. The molecule has 0 saturated carbocycles. The highest BCUT2D eigenvalue weighted by molar-refractivity contribution is 6.33. The maximum atomic E-state index is 10.7. The third-order valence-corrected chi connectivity index (χ3v) is 3.01. The number of nitro benzene ring substituents is 1. The van der Waals surface area contributed by atoms with Crippen LogP contribution in [0.4, 0.5) is 11.4 Å². The van der Waals surface area contributed by atoms with E-state index in [1.54, 1.807) is 6.92 Å². The second-order valence-corrected chi connectivity index (χ2v) is 5.33. The highest BCUT2D eigenvalue weighted by Crippen LogP contribution is 2.31. The molecule has 0 aliphatic heterocycles. The van der Waals surface area contributed by atoms with Crippen molar-refractivity contribution in [3.63, 3.8) is 0 Å². The fourth-order valence-corrected chi connectivity index (χ4v) is 2.13. The molecular weight excluding hydrogens is 268 g/mol. The number of hydrogen-bond donors (Lipinski definition) is 1. The first-order valence-electron chi connectivity index (χ1n) is 6.09. The maximum absolute atomic E-state index is 10.7. The zero-order valence-electron chi connectivity index (χ0n) is 11.6. The minimum Gasteiger partial charge on any atom is -0.381 e. The summed E-state index contributed by atoms with van der Waals surface area (Å²) in [6, 6.07) is 2.85. The molecule has 0 atom stereocenters. The summed E-state index contributed by atoms with van der Waals surface area (Å²) in [5.41, 5.74) is 1.12. The molecule has 0 aliphatic carbocycles. The van der Waals surface area contributed by atoms with Crippen LogP contribution in [0.3, 0.4) is 0 Å². The molecule has 0 unspecified atom stereocenters. The molecule has 1 aromatic carbocycles. The molecule has 1 aromatic rings. The van der Waals surface area contributed by atoms with E-state index in [2.05, 4.69) is 5.32 Å². The van der Waals surface area contributed by atoms with Crippen molar-refractivity contribution in [2.45, 2.75) is 33.3 Å². The van der Waals surface area contributed by atoms with Gasteiger partial charge in [0.15, 0.2) is 0 Å². The number of nitrogens with zero attached hydrogens (tertiary/aromatic N) is 1. The Balaban J connectivity index is 2.88. The van der Waals surface area contributed by atoms with E-state index in [9.17, 15) is 10.1 Å². The molecule has 0 aliphatic rings. The molecule has 19 heavy (non-hydrogen) atoms. The van der Waals surface area contributed by atoms with E-state index in [-0.39, 0.29) is 11.3 Å². The number of halogens is 1. The summed E-state index contributed by atoms with van der Waals surface area (Å²) in [6.45, 7) is 8.86. The number of hydrogen-bond acceptors (Lipinski definition) is 4. The lowest BCUT2D eigenvalue weighted by atomic mass is 10.1. The van der Waals surface area contributed by atoms with E-state index in [1.807, 2.05) is 20.8 Å². The number of non-ortho nitro benzene ring substituents is 1. The first-order chi connectivity index (χ1) is 8.76. The summed E-state index contributed by atoms with van der Waals surface area (Å²) in [4.78, 5) is 10.3. The van der Waals surface area contributed by atoms with Gasteiger partial charge in [-0.2, -0.15) is 0 Å². The van der Waals surface area contributed by atoms with Crippen molar-refractivity contribution in [1.29, 1.82) is 0 Å². The van der Waals surface area contributed by atoms with Crippen LogP contribution in [-0.2, 0) is 4.74 Å². The number of nitrogens with one attached hydrogen (secondary N) is 1. The molecule has 0 saturated heterocycles. The maximum Gasteiger partial charge on any atom is 0.271 e. The second kappa shape index (κ2) is 6.21. The average molecular weight is 287 g/mol. The Kier molecular flexibility index (Phi) is 5.14. The van der Waals surface area contributed by atoms with E-state index in [4.69, 9.17) is 16.3 Å². The lowest BCUT2D eigenvalue weighted by molar-refractivity contribution is -0.384. The zero-order chi connectivity index (χ0) is 14.6. The highest BCUT2D eigenvalue weighted by atomic mass is 35.5. The standard InChI is InChI=1S/C13H19ClN2O3/c1-5-19-13(3,4)8-15-12-9(2)6-10(16(17)18)7-11(12)14/h6-7,15H,5,8H2,1-4H3. The van der Waals surface area contributed by atoms with Crippen molar-refractivity contribution in [1.82, 2.24) is 0 Å². The van der Waals surface area contributed by atoms with E-state index in [0.717, 1.165) is 5.56 Å². The summed E-state index contributed by atoms with van der Waals surface area (Å²) < 4.78 is 5.58. The van der Waals surface area contributed by atoms with Gasteiger partial charge in [0.05, 0.1) is 21.2 Å². The molecule has 106 valence electrons. The molecule has 5 nitrogen and oxygen atoms in total. The highest BCUT2D eigenvalue weighted by Gasteiger charge is 2.19. The van der Waals surface area contributed by atoms with Gasteiger partial charge >= 0.3 is 0 Å². The lowest BCUT2D eigenvalue weighted by Crippen LogP contribution is -2.33. The third-order valence-electron chi connectivity index (χ3n) is 2.71. The number of rotatable bonds is 6. The van der Waals surface area contributed by atoms with Crippen molar-refractivity contribution in [3.8, 4) is 0 Å². The predicted octanol–water partition coefficient (Wildman–Crippen LogP) is 3.78. The third kappa shape index (κ3) is 4.36. The van der Waals surface area contributed by atoms with Crippen LogP contribution in [0.15, 0.2) is 12.1 Å². The van der Waals surface area contributed by atoms with Gasteiger partial charge in [0, 0.05) is 25.3 Å². The van der Waals surface area contributed by atoms with Gasteiger partial charge < -0.3 is 10.1 Å². The van der Waals surface area contributed by atoms with Gasteiger partial charge in [-0.1, -0.05) is 11.6 Å². The Bertz CT molecular complexity index is 452. The molecule has 6 heteroatoms. The Hall–Kier alpha value is -1.33. The van der Waals surface area contributed by atoms with E-state index < -0.39 is 4.92 Å². The number of benzene rings is 1. The van der Waals surface area contributed by atoms with Gasteiger partial charge in [-0.3, -0.25) is 10.1 Å². The molecule has 0 amide bonds. The van der Waals surface area contributed by atoms with Gasteiger partial charge in [-0.15, -0.1) is 0 Å². The quantitative estimate of drug-likeness (QED) is 0.638. The van der Waals surface area contributed by atoms with Crippen molar-refractivity contribution in [2.75, 3.05) is 18.5 Å². The van der Waals surface area contributed by atoms with Crippen molar-refractivity contribution in [3.05, 3.63) is 32.8 Å². The molecule has 0 radical (unpaired) electrons. The minimum atomic E-state index is -0.452. The predicted molar refractivity (Wildman–Crippen MR) is 77.0 cm³/mol. The van der Waals surface area contributed by atoms with Crippen LogP contribution < -0.4 is 5.32 Å². The van der Waals surface area contributed by atoms with Gasteiger partial charge in [-0.25, -0.2) is 0 Å². The molecular formula is C13H19ClN2O3. The van der Waals surface area contributed by atoms with E-state index in [0.29, 0.717) is 23.9 Å². The van der Waals surface area contributed by atoms with Gasteiger partial charge in [0.1, 0.15) is 0 Å². The zero-order valence-corrected chi connectivity index (χ0v) is 12.4. The Morgan fingerprint density at radius 1 is 1.47 bits per heavy atom. The van der Waals surface area contributed by atoms with Crippen LogP contribution in [0, 0.1) is 17.0 Å². The summed E-state index contributed by atoms with van der Waals surface area (Å²) in [6.07, 6.45) is 0. The van der Waals surface area contributed by atoms with Gasteiger partial charge in [-0.05, 0) is 33.3 Å². The summed E-state index contributed by atoms with van der Waals surface area (Å²) in [5, 5.41) is 14.3. The van der Waals surface area contributed by atoms with Crippen molar-refractivity contribution in [2.24, 2.45) is 0 Å². The first kappa shape index (κ1) is 15.7. The van der Waals surface area contributed by atoms with Crippen LogP contribution in [0.25, 0.3) is 0 Å². The second-order valence-electron chi connectivity index (χ2n) is 4.92. The van der Waals surface area contributed by atoms with Gasteiger partial charge in [0.25, 0.3) is 5.69 Å². The van der Waals surface area contributed by atoms with Gasteiger partial charge in [0.2, 0.25) is 0 Å².